The van der Waals surface area contributed by atoms with Gasteiger partial charge in [0.15, 0.2) is 0 Å². The zero-order chi connectivity index (χ0) is 18.4. The first-order valence-electron chi connectivity index (χ1n) is 9.87. The van der Waals surface area contributed by atoms with Gasteiger partial charge in [0.1, 0.15) is 5.75 Å². The van der Waals surface area contributed by atoms with Crippen molar-refractivity contribution in [2.45, 2.75) is 45.4 Å². The van der Waals surface area contributed by atoms with Gasteiger partial charge in [-0.3, -0.25) is 9.59 Å². The number of carbonyl (C=O) groups is 2. The summed E-state index contributed by atoms with van der Waals surface area (Å²) in [5, 5.41) is 0. The summed E-state index contributed by atoms with van der Waals surface area (Å²) in [5.74, 6) is 1.76. The number of amides is 2. The van der Waals surface area contributed by atoms with E-state index in [1.165, 1.54) is 5.56 Å². The molecule has 0 aromatic heterocycles. The van der Waals surface area contributed by atoms with Crippen LogP contribution in [-0.2, 0) is 9.59 Å². The van der Waals surface area contributed by atoms with Crippen molar-refractivity contribution in [3.05, 3.63) is 29.8 Å². The predicted molar refractivity (Wildman–Crippen MR) is 101 cm³/mol. The molecule has 0 bridgehead atoms. The van der Waals surface area contributed by atoms with Crippen LogP contribution in [0.4, 0.5) is 0 Å². The summed E-state index contributed by atoms with van der Waals surface area (Å²) in [6, 6.07) is 8.10. The topological polar surface area (TPSA) is 49.9 Å². The average Bonchev–Trinajstić information content (AvgIpc) is 3.05. The van der Waals surface area contributed by atoms with Crippen LogP contribution in [0.15, 0.2) is 24.3 Å². The molecule has 0 saturated carbocycles. The summed E-state index contributed by atoms with van der Waals surface area (Å²) in [5.41, 5.74) is 1.19. The van der Waals surface area contributed by atoms with Crippen LogP contribution in [0.3, 0.4) is 0 Å². The monoisotopic (exact) mass is 358 g/mol. The van der Waals surface area contributed by atoms with Crippen LogP contribution in [0, 0.1) is 12.8 Å². The summed E-state index contributed by atoms with van der Waals surface area (Å²) in [4.78, 5) is 28.0. The number of ether oxygens (including phenoxy) is 1. The molecular formula is C21H30N2O3. The molecule has 1 aromatic rings. The first kappa shape index (κ1) is 18.7. The summed E-state index contributed by atoms with van der Waals surface area (Å²) in [6.07, 6.45) is 5.08. The van der Waals surface area contributed by atoms with Gasteiger partial charge < -0.3 is 14.5 Å². The second-order valence-corrected chi connectivity index (χ2v) is 7.56. The number of piperidine rings is 1. The highest BCUT2D eigenvalue weighted by molar-refractivity contribution is 5.78. The van der Waals surface area contributed by atoms with Crippen molar-refractivity contribution in [2.24, 2.45) is 5.92 Å². The van der Waals surface area contributed by atoms with Crippen molar-refractivity contribution < 1.29 is 14.3 Å². The van der Waals surface area contributed by atoms with E-state index in [2.05, 4.69) is 13.0 Å². The smallest absolute Gasteiger partial charge is 0.222 e. The lowest BCUT2D eigenvalue weighted by atomic mass is 9.98. The van der Waals surface area contributed by atoms with Crippen LogP contribution in [0.25, 0.3) is 0 Å². The van der Waals surface area contributed by atoms with Crippen LogP contribution < -0.4 is 4.74 Å². The van der Waals surface area contributed by atoms with Gasteiger partial charge in [0.05, 0.1) is 6.61 Å². The van der Waals surface area contributed by atoms with Gasteiger partial charge >= 0.3 is 0 Å². The second kappa shape index (κ2) is 9.06. The van der Waals surface area contributed by atoms with Gasteiger partial charge in [-0.15, -0.1) is 0 Å². The third-order valence-electron chi connectivity index (χ3n) is 5.34. The van der Waals surface area contributed by atoms with Crippen LogP contribution >= 0.6 is 0 Å². The lowest BCUT2D eigenvalue weighted by molar-refractivity contribution is -0.134. The lowest BCUT2D eigenvalue weighted by Gasteiger charge is -2.33. The highest BCUT2D eigenvalue weighted by Gasteiger charge is 2.25. The maximum absolute atomic E-state index is 12.5. The van der Waals surface area contributed by atoms with Crippen molar-refractivity contribution >= 4 is 11.8 Å². The Kier molecular flexibility index (Phi) is 6.53. The minimum atomic E-state index is 0.219. The number of nitrogens with zero attached hydrogens (tertiary/aromatic N) is 2. The Morgan fingerprint density at radius 2 is 2.15 bits per heavy atom. The number of aryl methyl sites for hydroxylation is 1. The number of likely N-dealkylation sites (tertiary alicyclic amines) is 2. The fourth-order valence-corrected chi connectivity index (χ4v) is 3.87. The van der Waals surface area contributed by atoms with Crippen LogP contribution in [-0.4, -0.2) is 54.4 Å². The predicted octanol–water partition coefficient (Wildman–Crippen LogP) is 3.02. The molecule has 26 heavy (non-hydrogen) atoms. The van der Waals surface area contributed by atoms with Gasteiger partial charge in [-0.2, -0.15) is 0 Å². The molecule has 2 saturated heterocycles. The molecule has 1 atom stereocenters. The molecule has 3 rings (SSSR count). The van der Waals surface area contributed by atoms with Crippen molar-refractivity contribution in [3.63, 3.8) is 0 Å². The van der Waals surface area contributed by atoms with E-state index >= 15 is 0 Å². The van der Waals surface area contributed by atoms with Crippen LogP contribution in [0.2, 0.25) is 0 Å². The molecule has 0 spiro atoms. The standard InChI is InChI=1S/C21H30N2O3/c1-17-6-2-8-19(14-17)26-16-18-7-3-13-23(15-18)21(25)10-5-12-22-11-4-9-20(22)24/h2,6,8,14,18H,3-5,7,9-13,15-16H2,1H3. The fraction of sp³-hybridized carbons (Fsp3) is 0.619. The fourth-order valence-electron chi connectivity index (χ4n) is 3.87. The molecule has 1 aromatic carbocycles. The molecule has 5 heteroatoms. The molecule has 0 N–H and O–H groups in total. The van der Waals surface area contributed by atoms with Gasteiger partial charge in [-0.1, -0.05) is 12.1 Å². The summed E-state index contributed by atoms with van der Waals surface area (Å²) in [7, 11) is 0. The Morgan fingerprint density at radius 3 is 2.92 bits per heavy atom. The summed E-state index contributed by atoms with van der Waals surface area (Å²) in [6.45, 7) is 5.93. The Labute approximate surface area is 156 Å². The van der Waals surface area contributed by atoms with E-state index in [1.807, 2.05) is 28.0 Å². The van der Waals surface area contributed by atoms with E-state index in [1.54, 1.807) is 0 Å². The van der Waals surface area contributed by atoms with E-state index < -0.39 is 0 Å². The molecular weight excluding hydrogens is 328 g/mol. The van der Waals surface area contributed by atoms with E-state index in [4.69, 9.17) is 4.74 Å². The number of rotatable bonds is 7. The van der Waals surface area contributed by atoms with Crippen LogP contribution in [0.5, 0.6) is 5.75 Å². The zero-order valence-corrected chi connectivity index (χ0v) is 15.8. The molecule has 2 fully saturated rings. The largest absolute Gasteiger partial charge is 0.493 e. The van der Waals surface area contributed by atoms with Crippen molar-refractivity contribution in [2.75, 3.05) is 32.8 Å². The molecule has 142 valence electrons. The highest BCUT2D eigenvalue weighted by Crippen LogP contribution is 2.20. The molecule has 2 amide bonds. The van der Waals surface area contributed by atoms with Crippen LogP contribution in [0.1, 0.15) is 44.1 Å². The molecule has 5 nitrogen and oxygen atoms in total. The molecule has 0 radical (unpaired) electrons. The number of benzene rings is 1. The molecule has 1 unspecified atom stereocenters. The minimum Gasteiger partial charge on any atom is -0.493 e. The summed E-state index contributed by atoms with van der Waals surface area (Å²) < 4.78 is 5.93. The molecule has 2 aliphatic heterocycles. The van der Waals surface area contributed by atoms with E-state index in [-0.39, 0.29) is 11.8 Å². The Bertz CT molecular complexity index is 631. The summed E-state index contributed by atoms with van der Waals surface area (Å²) >= 11 is 0. The number of carbonyl (C=O) groups excluding carboxylic acids is 2. The van der Waals surface area contributed by atoms with E-state index in [0.29, 0.717) is 25.4 Å². The zero-order valence-electron chi connectivity index (χ0n) is 15.8. The van der Waals surface area contributed by atoms with Gasteiger partial charge in [0, 0.05) is 44.9 Å². The van der Waals surface area contributed by atoms with Crippen molar-refractivity contribution in [1.29, 1.82) is 0 Å². The first-order valence-corrected chi connectivity index (χ1v) is 9.87. The van der Waals surface area contributed by atoms with Gasteiger partial charge in [0.2, 0.25) is 11.8 Å². The lowest BCUT2D eigenvalue weighted by Crippen LogP contribution is -2.41. The van der Waals surface area contributed by atoms with Gasteiger partial charge in [0.25, 0.3) is 0 Å². The van der Waals surface area contributed by atoms with Gasteiger partial charge in [-0.05, 0) is 50.3 Å². The SMILES string of the molecule is Cc1cccc(OCC2CCCN(C(=O)CCCN3CCCC3=O)C2)c1. The Balaban J connectivity index is 1.39. The third-order valence-corrected chi connectivity index (χ3v) is 5.34. The van der Waals surface area contributed by atoms with Crippen molar-refractivity contribution in [1.82, 2.24) is 9.80 Å². The Hall–Kier alpha value is -2.04. The minimum absolute atomic E-state index is 0.219. The van der Waals surface area contributed by atoms with Gasteiger partial charge in [-0.25, -0.2) is 0 Å². The first-order chi connectivity index (χ1) is 12.6. The second-order valence-electron chi connectivity index (χ2n) is 7.56. The van der Waals surface area contributed by atoms with E-state index in [0.717, 1.165) is 57.6 Å². The highest BCUT2D eigenvalue weighted by atomic mass is 16.5. The molecule has 0 aliphatic carbocycles. The number of hydrogen-bond donors (Lipinski definition) is 0. The normalized spacial score (nSPS) is 20.5. The van der Waals surface area contributed by atoms with Crippen molar-refractivity contribution in [3.8, 4) is 5.75 Å². The Morgan fingerprint density at radius 1 is 1.27 bits per heavy atom. The molecule has 2 heterocycles. The van der Waals surface area contributed by atoms with E-state index in [9.17, 15) is 9.59 Å². The maximum atomic E-state index is 12.5. The maximum Gasteiger partial charge on any atom is 0.222 e. The molecule has 2 aliphatic rings. The number of hydrogen-bond acceptors (Lipinski definition) is 3. The average molecular weight is 358 g/mol. The third kappa shape index (κ3) is 5.23. The quantitative estimate of drug-likeness (QED) is 0.753.